The molecule has 2 nitrogen and oxygen atoms in total. The van der Waals surface area contributed by atoms with Crippen molar-refractivity contribution in [2.75, 3.05) is 26.7 Å². The third-order valence-electron chi connectivity index (χ3n) is 5.76. The van der Waals surface area contributed by atoms with Gasteiger partial charge in [-0.25, -0.2) is 4.39 Å². The number of hydrogen-bond acceptors (Lipinski definition) is 2. The molecular formula is C18H27FN2. The molecule has 2 heterocycles. The van der Waals surface area contributed by atoms with E-state index in [1.165, 1.54) is 50.9 Å². The molecule has 2 fully saturated rings. The minimum Gasteiger partial charge on any atom is -0.301 e. The molecule has 1 aromatic rings. The number of hydrogen-bond donors (Lipinski definition) is 0. The number of halogens is 1. The topological polar surface area (TPSA) is 6.48 Å². The fourth-order valence-corrected chi connectivity index (χ4v) is 4.35. The predicted molar refractivity (Wildman–Crippen MR) is 84.8 cm³/mol. The van der Waals surface area contributed by atoms with Crippen LogP contribution in [0.3, 0.4) is 0 Å². The van der Waals surface area contributed by atoms with E-state index in [1.807, 2.05) is 12.1 Å². The largest absolute Gasteiger partial charge is 0.301 e. The van der Waals surface area contributed by atoms with Gasteiger partial charge in [-0.15, -0.1) is 0 Å². The van der Waals surface area contributed by atoms with E-state index >= 15 is 0 Å². The van der Waals surface area contributed by atoms with E-state index in [0.717, 1.165) is 6.42 Å². The molecule has 0 amide bonds. The Balaban J connectivity index is 1.68. The first kappa shape index (κ1) is 15.0. The number of nitrogens with zero attached hydrogens (tertiary/aromatic N) is 2. The number of piperidine rings is 1. The van der Waals surface area contributed by atoms with Crippen molar-refractivity contribution >= 4 is 0 Å². The fraction of sp³-hybridized carbons (Fsp3) is 0.667. The predicted octanol–water partition coefficient (Wildman–Crippen LogP) is 3.84. The van der Waals surface area contributed by atoms with Gasteiger partial charge >= 0.3 is 0 Å². The molecule has 0 N–H and O–H groups in total. The second kappa shape index (κ2) is 6.05. The Labute approximate surface area is 127 Å². The summed E-state index contributed by atoms with van der Waals surface area (Å²) in [4.78, 5) is 5.19. The molecule has 1 atom stereocenters. The van der Waals surface area contributed by atoms with Crippen molar-refractivity contribution in [3.8, 4) is 0 Å². The summed E-state index contributed by atoms with van der Waals surface area (Å²) in [6, 6.07) is 7.53. The number of benzene rings is 1. The van der Waals surface area contributed by atoms with Crippen LogP contribution in [0, 0.1) is 5.82 Å². The van der Waals surface area contributed by atoms with Gasteiger partial charge in [0.1, 0.15) is 5.82 Å². The molecule has 0 saturated carbocycles. The van der Waals surface area contributed by atoms with E-state index in [4.69, 9.17) is 0 Å². The normalized spacial score (nSPS) is 24.5. The Bertz CT molecular complexity index is 463. The monoisotopic (exact) mass is 290 g/mol. The highest BCUT2D eigenvalue weighted by Gasteiger charge is 2.41. The molecule has 0 aromatic heterocycles. The summed E-state index contributed by atoms with van der Waals surface area (Å²) < 4.78 is 13.1. The van der Waals surface area contributed by atoms with Crippen molar-refractivity contribution in [1.29, 1.82) is 0 Å². The smallest absolute Gasteiger partial charge is 0.123 e. The zero-order valence-corrected chi connectivity index (χ0v) is 13.3. The molecule has 21 heavy (non-hydrogen) atoms. The van der Waals surface area contributed by atoms with Crippen LogP contribution in [0.15, 0.2) is 24.3 Å². The van der Waals surface area contributed by atoms with E-state index in [0.29, 0.717) is 11.6 Å². The van der Waals surface area contributed by atoms with Crippen LogP contribution < -0.4 is 0 Å². The lowest BCUT2D eigenvalue weighted by atomic mass is 9.84. The molecule has 1 aromatic carbocycles. The van der Waals surface area contributed by atoms with Gasteiger partial charge in [0.15, 0.2) is 0 Å². The van der Waals surface area contributed by atoms with Crippen LogP contribution in [0.4, 0.5) is 4.39 Å². The molecule has 116 valence electrons. The molecule has 2 aliphatic heterocycles. The lowest BCUT2D eigenvalue weighted by molar-refractivity contribution is 0.0478. The minimum atomic E-state index is -0.140. The highest BCUT2D eigenvalue weighted by molar-refractivity contribution is 5.20. The summed E-state index contributed by atoms with van der Waals surface area (Å²) in [5.41, 5.74) is 1.73. The van der Waals surface area contributed by atoms with Crippen molar-refractivity contribution in [2.24, 2.45) is 0 Å². The number of likely N-dealkylation sites (tertiary alicyclic amines) is 2. The molecule has 1 spiro atoms. The van der Waals surface area contributed by atoms with Crippen molar-refractivity contribution in [1.82, 2.24) is 9.80 Å². The lowest BCUT2D eigenvalue weighted by Crippen LogP contribution is -2.51. The molecule has 2 saturated heterocycles. The van der Waals surface area contributed by atoms with E-state index in [-0.39, 0.29) is 5.82 Å². The van der Waals surface area contributed by atoms with Crippen molar-refractivity contribution in [3.05, 3.63) is 35.6 Å². The average Bonchev–Trinajstić information content (AvgIpc) is 2.85. The van der Waals surface area contributed by atoms with E-state index in [9.17, 15) is 4.39 Å². The van der Waals surface area contributed by atoms with E-state index in [2.05, 4.69) is 23.8 Å². The van der Waals surface area contributed by atoms with Crippen molar-refractivity contribution in [2.45, 2.75) is 50.6 Å². The first-order valence-electron chi connectivity index (χ1n) is 8.35. The maximum absolute atomic E-state index is 13.1. The van der Waals surface area contributed by atoms with Crippen molar-refractivity contribution < 1.29 is 4.39 Å². The second-order valence-electron chi connectivity index (χ2n) is 6.76. The molecule has 3 heteroatoms. The SMILES string of the molecule is CCC(c1ccc(F)cc1)N1CCC2(CCCN2C)CC1. The van der Waals surface area contributed by atoms with E-state index < -0.39 is 0 Å². The third kappa shape index (κ3) is 2.86. The first-order valence-corrected chi connectivity index (χ1v) is 8.35. The van der Waals surface area contributed by atoms with Gasteiger partial charge in [0.05, 0.1) is 0 Å². The summed E-state index contributed by atoms with van der Waals surface area (Å²) >= 11 is 0. The second-order valence-corrected chi connectivity index (χ2v) is 6.76. The van der Waals surface area contributed by atoms with Gasteiger partial charge in [0.2, 0.25) is 0 Å². The summed E-state index contributed by atoms with van der Waals surface area (Å²) in [6.45, 7) is 5.83. The quantitative estimate of drug-likeness (QED) is 0.834. The molecule has 0 radical (unpaired) electrons. The van der Waals surface area contributed by atoms with Gasteiger partial charge < -0.3 is 4.90 Å². The van der Waals surface area contributed by atoms with Crippen molar-refractivity contribution in [3.63, 3.8) is 0 Å². The third-order valence-corrected chi connectivity index (χ3v) is 5.76. The Morgan fingerprint density at radius 3 is 2.29 bits per heavy atom. The molecule has 1 unspecified atom stereocenters. The van der Waals surface area contributed by atoms with Gasteiger partial charge in [-0.05, 0) is 63.4 Å². The van der Waals surface area contributed by atoms with Crippen LogP contribution in [0.25, 0.3) is 0 Å². The van der Waals surface area contributed by atoms with Crippen LogP contribution in [0.5, 0.6) is 0 Å². The Morgan fingerprint density at radius 2 is 1.76 bits per heavy atom. The molecular weight excluding hydrogens is 263 g/mol. The molecule has 0 aliphatic carbocycles. The lowest BCUT2D eigenvalue weighted by Gasteiger charge is -2.46. The highest BCUT2D eigenvalue weighted by atomic mass is 19.1. The van der Waals surface area contributed by atoms with Gasteiger partial charge in [0.25, 0.3) is 0 Å². The van der Waals surface area contributed by atoms with Gasteiger partial charge in [0, 0.05) is 24.7 Å². The Kier molecular flexibility index (Phi) is 4.32. The van der Waals surface area contributed by atoms with Gasteiger partial charge in [-0.2, -0.15) is 0 Å². The summed E-state index contributed by atoms with van der Waals surface area (Å²) in [7, 11) is 2.29. The Hall–Kier alpha value is -0.930. The first-order chi connectivity index (χ1) is 10.1. The fourth-order valence-electron chi connectivity index (χ4n) is 4.35. The standard InChI is InChI=1S/C18H27FN2/c1-3-17(15-5-7-16(19)8-6-15)21-13-10-18(11-14-21)9-4-12-20(18)2/h5-8,17H,3-4,9-14H2,1-2H3. The van der Waals surface area contributed by atoms with Gasteiger partial charge in [-0.3, -0.25) is 4.90 Å². The Morgan fingerprint density at radius 1 is 1.10 bits per heavy atom. The van der Waals surface area contributed by atoms with Gasteiger partial charge in [-0.1, -0.05) is 19.1 Å². The maximum Gasteiger partial charge on any atom is 0.123 e. The average molecular weight is 290 g/mol. The number of rotatable bonds is 3. The highest BCUT2D eigenvalue weighted by Crippen LogP contribution is 2.39. The summed E-state index contributed by atoms with van der Waals surface area (Å²) in [6.07, 6.45) is 6.37. The maximum atomic E-state index is 13.1. The van der Waals surface area contributed by atoms with E-state index in [1.54, 1.807) is 12.1 Å². The zero-order valence-electron chi connectivity index (χ0n) is 13.3. The zero-order chi connectivity index (χ0) is 14.9. The molecule has 2 aliphatic rings. The van der Waals surface area contributed by atoms with Crippen LogP contribution in [0.1, 0.15) is 50.6 Å². The van der Waals surface area contributed by atoms with Crippen LogP contribution >= 0.6 is 0 Å². The van der Waals surface area contributed by atoms with Crippen LogP contribution in [-0.4, -0.2) is 42.0 Å². The molecule has 0 bridgehead atoms. The summed E-state index contributed by atoms with van der Waals surface area (Å²) in [5.74, 6) is -0.140. The summed E-state index contributed by atoms with van der Waals surface area (Å²) in [5, 5.41) is 0. The van der Waals surface area contributed by atoms with Crippen LogP contribution in [-0.2, 0) is 0 Å². The van der Waals surface area contributed by atoms with Crippen LogP contribution in [0.2, 0.25) is 0 Å². The minimum absolute atomic E-state index is 0.140. The molecule has 3 rings (SSSR count).